The maximum Gasteiger partial charge on any atom is 0.122 e. The molecule has 0 bridgehead atoms. The maximum absolute atomic E-state index is 5.14. The summed E-state index contributed by atoms with van der Waals surface area (Å²) >= 11 is 4.13. The monoisotopic (exact) mass is 186 g/mol. The van der Waals surface area contributed by atoms with Crippen LogP contribution in [0, 0.1) is 6.92 Å². The lowest BCUT2D eigenvalue weighted by atomic mass is 10.2. The third-order valence-corrected chi connectivity index (χ3v) is 2.78. The van der Waals surface area contributed by atoms with Crippen molar-refractivity contribution in [2.75, 3.05) is 7.11 Å². The quantitative estimate of drug-likeness (QED) is 0.561. The molecule has 1 nitrogen and oxygen atoms in total. The highest BCUT2D eigenvalue weighted by molar-refractivity contribution is 8.68. The third-order valence-electron chi connectivity index (χ3n) is 1.55. The molecular weight excluding hydrogens is 176 g/mol. The van der Waals surface area contributed by atoms with E-state index in [1.54, 1.807) is 7.11 Å². The van der Waals surface area contributed by atoms with Crippen LogP contribution in [-0.4, -0.2) is 7.11 Å². The van der Waals surface area contributed by atoms with Gasteiger partial charge < -0.3 is 4.74 Å². The van der Waals surface area contributed by atoms with E-state index in [1.165, 1.54) is 10.8 Å². The Hall–Kier alpha value is -0.280. The second-order valence-corrected chi connectivity index (χ2v) is 3.34. The molecule has 0 aliphatic carbocycles. The molecule has 3 heteroatoms. The van der Waals surface area contributed by atoms with Crippen LogP contribution in [0.25, 0.3) is 0 Å². The molecule has 1 aromatic carbocycles. The standard InChI is InChI=1S/C8H10OS2/c1-6-7(9-2)4-3-5-8(6)11-10/h3-5,10H,1-2H3. The lowest BCUT2D eigenvalue weighted by molar-refractivity contribution is 0.410. The number of rotatable bonds is 2. The Kier molecular flexibility index (Phi) is 3.15. The lowest BCUT2D eigenvalue weighted by Crippen LogP contribution is -1.87. The predicted octanol–water partition coefficient (Wildman–Crippen LogP) is 2.94. The van der Waals surface area contributed by atoms with Crippen LogP contribution >= 0.6 is 22.5 Å². The van der Waals surface area contributed by atoms with E-state index in [2.05, 4.69) is 11.7 Å². The van der Waals surface area contributed by atoms with Crippen molar-refractivity contribution in [2.24, 2.45) is 0 Å². The van der Waals surface area contributed by atoms with Gasteiger partial charge in [0.25, 0.3) is 0 Å². The highest BCUT2D eigenvalue weighted by Gasteiger charge is 2.01. The van der Waals surface area contributed by atoms with Gasteiger partial charge in [-0.25, -0.2) is 0 Å². The zero-order valence-corrected chi connectivity index (χ0v) is 8.21. The maximum atomic E-state index is 5.14. The highest BCUT2D eigenvalue weighted by Crippen LogP contribution is 2.30. The summed E-state index contributed by atoms with van der Waals surface area (Å²) < 4.78 is 5.14. The summed E-state index contributed by atoms with van der Waals surface area (Å²) in [6.07, 6.45) is 0. The number of benzene rings is 1. The fourth-order valence-electron chi connectivity index (χ4n) is 0.914. The van der Waals surface area contributed by atoms with Crippen molar-refractivity contribution in [3.8, 4) is 5.75 Å². The van der Waals surface area contributed by atoms with E-state index in [9.17, 15) is 0 Å². The van der Waals surface area contributed by atoms with Crippen LogP contribution in [0.2, 0.25) is 0 Å². The molecule has 0 aliphatic heterocycles. The van der Waals surface area contributed by atoms with Gasteiger partial charge in [-0.2, -0.15) is 0 Å². The van der Waals surface area contributed by atoms with Gasteiger partial charge in [0.05, 0.1) is 7.11 Å². The molecule has 0 spiro atoms. The Morgan fingerprint density at radius 1 is 1.45 bits per heavy atom. The van der Waals surface area contributed by atoms with Gasteiger partial charge in [0.2, 0.25) is 0 Å². The van der Waals surface area contributed by atoms with Gasteiger partial charge >= 0.3 is 0 Å². The van der Waals surface area contributed by atoms with Crippen molar-refractivity contribution in [2.45, 2.75) is 11.8 Å². The lowest BCUT2D eigenvalue weighted by Gasteiger charge is -2.06. The van der Waals surface area contributed by atoms with E-state index in [4.69, 9.17) is 4.74 Å². The second kappa shape index (κ2) is 3.93. The topological polar surface area (TPSA) is 9.23 Å². The molecule has 0 N–H and O–H groups in total. The first kappa shape index (κ1) is 8.81. The van der Waals surface area contributed by atoms with E-state index in [1.807, 2.05) is 25.1 Å². The van der Waals surface area contributed by atoms with Gasteiger partial charge in [0.15, 0.2) is 0 Å². The minimum Gasteiger partial charge on any atom is -0.496 e. The van der Waals surface area contributed by atoms with Crippen LogP contribution in [0.3, 0.4) is 0 Å². The fraction of sp³-hybridized carbons (Fsp3) is 0.250. The average molecular weight is 186 g/mol. The number of hydrogen-bond acceptors (Lipinski definition) is 3. The Morgan fingerprint density at radius 2 is 2.18 bits per heavy atom. The summed E-state index contributed by atoms with van der Waals surface area (Å²) in [4.78, 5) is 1.15. The summed E-state index contributed by atoms with van der Waals surface area (Å²) in [7, 11) is 3.12. The summed E-state index contributed by atoms with van der Waals surface area (Å²) in [5, 5.41) is 0. The Balaban J connectivity index is 3.10. The molecular formula is C8H10OS2. The van der Waals surface area contributed by atoms with Crippen molar-refractivity contribution in [3.05, 3.63) is 23.8 Å². The van der Waals surface area contributed by atoms with E-state index < -0.39 is 0 Å². The van der Waals surface area contributed by atoms with Crippen LogP contribution in [-0.2, 0) is 0 Å². The van der Waals surface area contributed by atoms with Gasteiger partial charge in [-0.15, -0.1) is 11.7 Å². The van der Waals surface area contributed by atoms with E-state index in [-0.39, 0.29) is 0 Å². The zero-order valence-electron chi connectivity index (χ0n) is 6.50. The first-order valence-electron chi connectivity index (χ1n) is 3.24. The smallest absolute Gasteiger partial charge is 0.122 e. The number of methoxy groups -OCH3 is 1. The molecule has 0 heterocycles. The fourth-order valence-corrected chi connectivity index (χ4v) is 1.88. The molecule has 11 heavy (non-hydrogen) atoms. The Bertz CT molecular complexity index is 226. The van der Waals surface area contributed by atoms with Crippen molar-refractivity contribution >= 4 is 22.5 Å². The summed E-state index contributed by atoms with van der Waals surface area (Å²) in [6.45, 7) is 2.03. The molecule has 60 valence electrons. The van der Waals surface area contributed by atoms with E-state index in [0.29, 0.717) is 0 Å². The first-order valence-corrected chi connectivity index (χ1v) is 5.11. The van der Waals surface area contributed by atoms with E-state index >= 15 is 0 Å². The molecule has 0 saturated heterocycles. The largest absolute Gasteiger partial charge is 0.496 e. The molecule has 0 saturated carbocycles. The summed E-state index contributed by atoms with van der Waals surface area (Å²) in [5.41, 5.74) is 1.15. The third kappa shape index (κ3) is 1.84. The minimum absolute atomic E-state index is 0.920. The number of hydrogen-bond donors (Lipinski definition) is 1. The number of ether oxygens (including phenoxy) is 1. The molecule has 1 rings (SSSR count). The van der Waals surface area contributed by atoms with E-state index in [0.717, 1.165) is 16.2 Å². The first-order chi connectivity index (χ1) is 5.29. The van der Waals surface area contributed by atoms with Crippen molar-refractivity contribution in [1.29, 1.82) is 0 Å². The van der Waals surface area contributed by atoms with Gasteiger partial charge in [0, 0.05) is 10.5 Å². The van der Waals surface area contributed by atoms with Gasteiger partial charge in [-0.3, -0.25) is 0 Å². The molecule has 1 aromatic rings. The average Bonchev–Trinajstić information content (AvgIpc) is 2.05. The normalized spacial score (nSPS) is 9.73. The molecule has 0 atom stereocenters. The van der Waals surface area contributed by atoms with Gasteiger partial charge in [0.1, 0.15) is 5.75 Å². The highest BCUT2D eigenvalue weighted by atomic mass is 33.1. The van der Waals surface area contributed by atoms with Crippen LogP contribution in [0.15, 0.2) is 23.1 Å². The molecule has 0 fully saturated rings. The van der Waals surface area contributed by atoms with Crippen molar-refractivity contribution in [1.82, 2.24) is 0 Å². The Labute approximate surface area is 76.0 Å². The van der Waals surface area contributed by atoms with Crippen LogP contribution in [0.5, 0.6) is 5.75 Å². The molecule has 0 amide bonds. The van der Waals surface area contributed by atoms with Crippen LogP contribution < -0.4 is 4.74 Å². The predicted molar refractivity (Wildman–Crippen MR) is 52.6 cm³/mol. The molecule has 0 aromatic heterocycles. The number of thiol groups is 1. The zero-order chi connectivity index (χ0) is 8.27. The minimum atomic E-state index is 0.920. The molecule has 0 aliphatic rings. The van der Waals surface area contributed by atoms with Crippen molar-refractivity contribution < 1.29 is 4.74 Å². The molecule has 0 unspecified atom stereocenters. The van der Waals surface area contributed by atoms with Crippen LogP contribution in [0.4, 0.5) is 0 Å². The summed E-state index contributed by atoms with van der Waals surface area (Å²) in [6, 6.07) is 5.93. The summed E-state index contributed by atoms with van der Waals surface area (Å²) in [5.74, 6) is 0.920. The molecule has 0 radical (unpaired) electrons. The van der Waals surface area contributed by atoms with Gasteiger partial charge in [-0.1, -0.05) is 16.9 Å². The SMILES string of the molecule is COc1cccc(SS)c1C. The Morgan fingerprint density at radius 3 is 2.73 bits per heavy atom. The van der Waals surface area contributed by atoms with Gasteiger partial charge in [-0.05, 0) is 19.1 Å². The van der Waals surface area contributed by atoms with Crippen molar-refractivity contribution in [3.63, 3.8) is 0 Å². The van der Waals surface area contributed by atoms with Crippen LogP contribution in [0.1, 0.15) is 5.56 Å². The second-order valence-electron chi connectivity index (χ2n) is 2.17.